The van der Waals surface area contributed by atoms with Crippen molar-refractivity contribution in [3.63, 3.8) is 0 Å². The van der Waals surface area contributed by atoms with Crippen molar-refractivity contribution in [2.75, 3.05) is 25.0 Å². The van der Waals surface area contributed by atoms with E-state index in [-0.39, 0.29) is 36.2 Å². The average Bonchev–Trinajstić information content (AvgIpc) is 3.28. The van der Waals surface area contributed by atoms with Crippen LogP contribution in [0.1, 0.15) is 63.5 Å². The second kappa shape index (κ2) is 6.78. The normalized spacial score (nSPS) is 31.8. The second-order valence-electron chi connectivity index (χ2n) is 9.14. The monoisotopic (exact) mass is 372 g/mol. The smallest absolute Gasteiger partial charge is 0.321 e. The molecule has 148 valence electrons. The molecule has 1 spiro atoms. The van der Waals surface area contributed by atoms with Gasteiger partial charge in [-0.25, -0.2) is 4.79 Å². The lowest BCUT2D eigenvalue weighted by atomic mass is 9.74. The number of carbonyl (C=O) groups excluding carboxylic acids is 1. The third-order valence-electron chi connectivity index (χ3n) is 6.89. The predicted molar refractivity (Wildman–Crippen MR) is 106 cm³/mol. The number of aliphatic hydroxyl groups excluding tert-OH is 1. The summed E-state index contributed by atoms with van der Waals surface area (Å²) in [6.07, 6.45) is 2.19. The summed E-state index contributed by atoms with van der Waals surface area (Å²) in [6, 6.07) is 6.25. The first-order valence-electron chi connectivity index (χ1n) is 10.3. The number of nitrogens with zero attached hydrogens (tertiary/aromatic N) is 1. The summed E-state index contributed by atoms with van der Waals surface area (Å²) in [7, 11) is 0. The van der Waals surface area contributed by atoms with Crippen molar-refractivity contribution < 1.29 is 14.6 Å². The molecule has 4 rings (SSSR count). The summed E-state index contributed by atoms with van der Waals surface area (Å²) in [5.41, 5.74) is 3.09. The summed E-state index contributed by atoms with van der Waals surface area (Å²) < 4.78 is 6.26. The number of benzene rings is 1. The van der Waals surface area contributed by atoms with E-state index < -0.39 is 0 Å². The Morgan fingerprint density at radius 1 is 1.30 bits per heavy atom. The van der Waals surface area contributed by atoms with Crippen LogP contribution in [-0.4, -0.2) is 47.4 Å². The van der Waals surface area contributed by atoms with Crippen LogP contribution >= 0.6 is 0 Å². The molecule has 3 aliphatic heterocycles. The Balaban J connectivity index is 1.56. The first-order valence-corrected chi connectivity index (χ1v) is 10.3. The van der Waals surface area contributed by atoms with Crippen LogP contribution in [0.25, 0.3) is 0 Å². The van der Waals surface area contributed by atoms with Gasteiger partial charge in [-0.2, -0.15) is 0 Å². The maximum Gasteiger partial charge on any atom is 0.321 e. The first kappa shape index (κ1) is 18.8. The van der Waals surface area contributed by atoms with E-state index in [1.54, 1.807) is 0 Å². The Hall–Kier alpha value is -1.59. The Labute approximate surface area is 162 Å². The molecule has 3 saturated heterocycles. The third-order valence-corrected chi connectivity index (χ3v) is 6.89. The zero-order chi connectivity index (χ0) is 19.3. The lowest BCUT2D eigenvalue weighted by Crippen LogP contribution is -2.38. The van der Waals surface area contributed by atoms with Crippen LogP contribution in [0.15, 0.2) is 18.2 Å². The fraction of sp³-hybridized carbons (Fsp3) is 0.682. The molecule has 2 bridgehead atoms. The highest BCUT2D eigenvalue weighted by atomic mass is 16.5. The molecular weight excluding hydrogens is 340 g/mol. The zero-order valence-corrected chi connectivity index (χ0v) is 16.9. The predicted octanol–water partition coefficient (Wildman–Crippen LogP) is 3.94. The van der Waals surface area contributed by atoms with E-state index in [0.717, 1.165) is 18.5 Å². The molecule has 3 fully saturated rings. The topological polar surface area (TPSA) is 61.8 Å². The molecule has 1 aromatic rings. The molecule has 3 aliphatic rings. The SMILES string of the molecule is CC(C)c1cccc(C(C)C)c1NC(=O)N1C[C@@H]2[C@H](CO)[C@H]3CC[C@]2(C1)O3. The third kappa shape index (κ3) is 2.95. The molecule has 0 unspecified atom stereocenters. The van der Waals surface area contributed by atoms with Crippen LogP contribution in [0.2, 0.25) is 0 Å². The number of nitrogens with one attached hydrogen (secondary N) is 1. The van der Waals surface area contributed by atoms with Crippen LogP contribution in [-0.2, 0) is 4.74 Å². The van der Waals surface area contributed by atoms with Crippen molar-refractivity contribution in [3.05, 3.63) is 29.3 Å². The van der Waals surface area contributed by atoms with E-state index in [0.29, 0.717) is 24.9 Å². The van der Waals surface area contributed by atoms with Crippen LogP contribution in [0, 0.1) is 11.8 Å². The molecule has 2 amide bonds. The van der Waals surface area contributed by atoms with Crippen molar-refractivity contribution in [2.24, 2.45) is 11.8 Å². The van der Waals surface area contributed by atoms with Gasteiger partial charge in [-0.3, -0.25) is 0 Å². The van der Waals surface area contributed by atoms with Crippen LogP contribution < -0.4 is 5.32 Å². The Morgan fingerprint density at radius 3 is 2.56 bits per heavy atom. The molecule has 0 aliphatic carbocycles. The summed E-state index contributed by atoms with van der Waals surface area (Å²) in [6.45, 7) is 10.1. The van der Waals surface area contributed by atoms with Crippen LogP contribution in [0.4, 0.5) is 10.5 Å². The number of rotatable bonds is 4. The van der Waals surface area contributed by atoms with Crippen molar-refractivity contribution in [2.45, 2.75) is 64.1 Å². The number of likely N-dealkylation sites (tertiary alicyclic amines) is 1. The fourth-order valence-electron chi connectivity index (χ4n) is 5.47. The average molecular weight is 373 g/mol. The number of hydrogen-bond acceptors (Lipinski definition) is 3. The van der Waals surface area contributed by atoms with Gasteiger partial charge in [0.2, 0.25) is 0 Å². The highest BCUT2D eigenvalue weighted by Crippen LogP contribution is 2.54. The maximum atomic E-state index is 13.2. The summed E-state index contributed by atoms with van der Waals surface area (Å²) in [4.78, 5) is 15.1. The lowest BCUT2D eigenvalue weighted by molar-refractivity contribution is 0.00434. The van der Waals surface area contributed by atoms with Crippen molar-refractivity contribution in [1.82, 2.24) is 4.90 Å². The van der Waals surface area contributed by atoms with Gasteiger partial charge in [0.25, 0.3) is 0 Å². The molecule has 0 radical (unpaired) electrons. The van der Waals surface area contributed by atoms with Gasteiger partial charge in [0.05, 0.1) is 18.2 Å². The molecule has 0 aromatic heterocycles. The Bertz CT molecular complexity index is 706. The molecule has 27 heavy (non-hydrogen) atoms. The number of carbonyl (C=O) groups is 1. The van der Waals surface area contributed by atoms with Crippen molar-refractivity contribution in [3.8, 4) is 0 Å². The van der Waals surface area contributed by atoms with Crippen molar-refractivity contribution in [1.29, 1.82) is 0 Å². The number of ether oxygens (including phenoxy) is 1. The molecule has 1 aromatic carbocycles. The molecular formula is C22H32N2O3. The molecule has 5 heteroatoms. The minimum absolute atomic E-state index is 0.0440. The largest absolute Gasteiger partial charge is 0.396 e. The van der Waals surface area contributed by atoms with Gasteiger partial charge in [-0.15, -0.1) is 0 Å². The summed E-state index contributed by atoms with van der Waals surface area (Å²) in [5, 5.41) is 13.0. The Morgan fingerprint density at radius 2 is 1.96 bits per heavy atom. The van der Waals surface area contributed by atoms with Gasteiger partial charge in [0.1, 0.15) is 0 Å². The minimum Gasteiger partial charge on any atom is -0.396 e. The number of anilines is 1. The summed E-state index contributed by atoms with van der Waals surface area (Å²) >= 11 is 0. The van der Waals surface area contributed by atoms with Crippen molar-refractivity contribution >= 4 is 11.7 Å². The number of urea groups is 1. The number of aliphatic hydroxyl groups is 1. The quantitative estimate of drug-likeness (QED) is 0.842. The van der Waals surface area contributed by atoms with Gasteiger partial charge in [-0.1, -0.05) is 45.9 Å². The van der Waals surface area contributed by atoms with Gasteiger partial charge in [-0.05, 0) is 35.8 Å². The molecule has 4 atom stereocenters. The number of hydrogen-bond donors (Lipinski definition) is 2. The van der Waals surface area contributed by atoms with Gasteiger partial charge >= 0.3 is 6.03 Å². The fourth-order valence-corrected chi connectivity index (χ4v) is 5.47. The lowest BCUT2D eigenvalue weighted by Gasteiger charge is -2.27. The Kier molecular flexibility index (Phi) is 4.71. The minimum atomic E-state index is -0.228. The van der Waals surface area contributed by atoms with E-state index in [9.17, 15) is 9.90 Å². The molecule has 2 N–H and O–H groups in total. The van der Waals surface area contributed by atoms with E-state index in [1.165, 1.54) is 11.1 Å². The standard InChI is InChI=1S/C22H32N2O3/c1-13(2)15-6-5-7-16(14(3)4)20(15)23-21(26)24-10-18-17(11-25)19-8-9-22(18,12-24)27-19/h5-7,13-14,17-19,25H,8-12H2,1-4H3,(H,23,26)/t17-,18+,19+,22+/m0/s1. The molecule has 3 heterocycles. The number of para-hydroxylation sites is 1. The van der Waals surface area contributed by atoms with E-state index >= 15 is 0 Å². The summed E-state index contributed by atoms with van der Waals surface area (Å²) in [5.74, 6) is 1.11. The number of amides is 2. The second-order valence-corrected chi connectivity index (χ2v) is 9.14. The van der Waals surface area contributed by atoms with Crippen LogP contribution in [0.5, 0.6) is 0 Å². The van der Waals surface area contributed by atoms with Crippen LogP contribution in [0.3, 0.4) is 0 Å². The first-order chi connectivity index (χ1) is 12.9. The van der Waals surface area contributed by atoms with Gasteiger partial charge < -0.3 is 20.1 Å². The van der Waals surface area contributed by atoms with E-state index in [4.69, 9.17) is 4.74 Å². The molecule has 0 saturated carbocycles. The highest BCUT2D eigenvalue weighted by Gasteiger charge is 2.63. The highest BCUT2D eigenvalue weighted by molar-refractivity contribution is 5.91. The number of fused-ring (bicyclic) bond motifs is 1. The van der Waals surface area contributed by atoms with E-state index in [1.807, 2.05) is 4.90 Å². The zero-order valence-electron chi connectivity index (χ0n) is 16.9. The maximum absolute atomic E-state index is 13.2. The molecule has 5 nitrogen and oxygen atoms in total. The van der Waals surface area contributed by atoms with Gasteiger partial charge in [0, 0.05) is 30.7 Å². The van der Waals surface area contributed by atoms with E-state index in [2.05, 4.69) is 51.2 Å². The van der Waals surface area contributed by atoms with Gasteiger partial charge in [0.15, 0.2) is 0 Å².